The van der Waals surface area contributed by atoms with Crippen molar-refractivity contribution < 1.29 is 9.47 Å². The molecule has 1 heterocycles. The van der Waals surface area contributed by atoms with E-state index in [4.69, 9.17) is 9.47 Å². The summed E-state index contributed by atoms with van der Waals surface area (Å²) in [6.07, 6.45) is 5.82. The Morgan fingerprint density at radius 1 is 1.10 bits per heavy atom. The highest BCUT2D eigenvalue weighted by molar-refractivity contribution is 4.76. The van der Waals surface area contributed by atoms with Gasteiger partial charge in [-0.3, -0.25) is 0 Å². The Hall–Kier alpha value is -0.0800. The van der Waals surface area contributed by atoms with Crippen LogP contribution in [0.2, 0.25) is 0 Å². The molecule has 2 fully saturated rings. The Kier molecular flexibility index (Phi) is 1.91. The average Bonchev–Trinajstić information content (AvgIpc) is 2.05. The minimum absolute atomic E-state index is 0.529. The second-order valence-corrected chi connectivity index (χ2v) is 3.24. The lowest BCUT2D eigenvalue weighted by atomic mass is 9.87. The Morgan fingerprint density at radius 3 is 2.90 bits per heavy atom. The fraction of sp³-hybridized carbons (Fsp3) is 1.00. The molecule has 2 atom stereocenters. The van der Waals surface area contributed by atoms with Gasteiger partial charge in [0.1, 0.15) is 6.79 Å². The molecule has 0 aromatic rings. The van der Waals surface area contributed by atoms with E-state index in [1.165, 1.54) is 25.7 Å². The number of rotatable bonds is 0. The van der Waals surface area contributed by atoms with Gasteiger partial charge in [0.05, 0.1) is 12.7 Å². The van der Waals surface area contributed by atoms with Gasteiger partial charge >= 0.3 is 0 Å². The third-order valence-electron chi connectivity index (χ3n) is 2.54. The summed E-state index contributed by atoms with van der Waals surface area (Å²) in [5, 5.41) is 0. The van der Waals surface area contributed by atoms with Crippen molar-refractivity contribution in [3.63, 3.8) is 0 Å². The summed E-state index contributed by atoms with van der Waals surface area (Å²) in [4.78, 5) is 0. The summed E-state index contributed by atoms with van der Waals surface area (Å²) >= 11 is 0. The van der Waals surface area contributed by atoms with Crippen LogP contribution in [0, 0.1) is 5.92 Å². The van der Waals surface area contributed by atoms with Gasteiger partial charge in [0.15, 0.2) is 0 Å². The molecule has 0 N–H and O–H groups in total. The third-order valence-corrected chi connectivity index (χ3v) is 2.54. The van der Waals surface area contributed by atoms with Crippen LogP contribution in [0.1, 0.15) is 25.7 Å². The minimum Gasteiger partial charge on any atom is -0.355 e. The average molecular weight is 142 g/mol. The molecular weight excluding hydrogens is 128 g/mol. The maximum Gasteiger partial charge on any atom is 0.147 e. The van der Waals surface area contributed by atoms with Crippen molar-refractivity contribution >= 4 is 0 Å². The Balaban J connectivity index is 1.93. The number of hydrogen-bond acceptors (Lipinski definition) is 2. The largest absolute Gasteiger partial charge is 0.355 e. The van der Waals surface area contributed by atoms with Crippen LogP contribution in [0.25, 0.3) is 0 Å². The number of hydrogen-bond donors (Lipinski definition) is 0. The Morgan fingerprint density at radius 2 is 2.00 bits per heavy atom. The van der Waals surface area contributed by atoms with Gasteiger partial charge in [-0.25, -0.2) is 0 Å². The first kappa shape index (κ1) is 6.62. The highest BCUT2D eigenvalue weighted by Gasteiger charge is 2.28. The highest BCUT2D eigenvalue weighted by atomic mass is 16.7. The minimum atomic E-state index is 0.529. The Bertz CT molecular complexity index is 87.8. The van der Waals surface area contributed by atoms with Crippen molar-refractivity contribution in [2.75, 3.05) is 13.4 Å². The van der Waals surface area contributed by atoms with Crippen LogP contribution in [0.15, 0.2) is 0 Å². The molecule has 0 unspecified atom stereocenters. The van der Waals surface area contributed by atoms with Gasteiger partial charge < -0.3 is 9.47 Å². The molecular formula is C8H14O2. The van der Waals surface area contributed by atoms with Crippen molar-refractivity contribution in [2.24, 2.45) is 5.92 Å². The molecule has 0 radical (unpaired) electrons. The zero-order valence-electron chi connectivity index (χ0n) is 6.21. The van der Waals surface area contributed by atoms with Gasteiger partial charge in [-0.2, -0.15) is 0 Å². The molecule has 10 heavy (non-hydrogen) atoms. The summed E-state index contributed by atoms with van der Waals surface area (Å²) in [5.41, 5.74) is 0. The molecule has 0 amide bonds. The number of ether oxygens (including phenoxy) is 2. The monoisotopic (exact) mass is 142 g/mol. The van der Waals surface area contributed by atoms with Gasteiger partial charge in [-0.15, -0.1) is 0 Å². The van der Waals surface area contributed by atoms with Crippen molar-refractivity contribution in [1.29, 1.82) is 0 Å². The van der Waals surface area contributed by atoms with Crippen molar-refractivity contribution in [3.8, 4) is 0 Å². The molecule has 2 aliphatic rings. The molecule has 0 spiro atoms. The van der Waals surface area contributed by atoms with Crippen LogP contribution >= 0.6 is 0 Å². The molecule has 0 aromatic carbocycles. The van der Waals surface area contributed by atoms with Gasteiger partial charge in [-0.1, -0.05) is 12.8 Å². The third kappa shape index (κ3) is 1.18. The lowest BCUT2D eigenvalue weighted by molar-refractivity contribution is -0.179. The molecule has 1 aliphatic carbocycles. The fourth-order valence-electron chi connectivity index (χ4n) is 1.92. The van der Waals surface area contributed by atoms with Gasteiger partial charge in [-0.05, 0) is 12.8 Å². The molecule has 0 bridgehead atoms. The molecule has 2 rings (SSSR count). The van der Waals surface area contributed by atoms with E-state index in [0.29, 0.717) is 18.8 Å². The van der Waals surface area contributed by atoms with Gasteiger partial charge in [0, 0.05) is 5.92 Å². The van der Waals surface area contributed by atoms with E-state index in [1.54, 1.807) is 0 Å². The maximum absolute atomic E-state index is 5.46. The van der Waals surface area contributed by atoms with E-state index in [-0.39, 0.29) is 0 Å². The first-order chi connectivity index (χ1) is 4.97. The zero-order valence-corrected chi connectivity index (χ0v) is 6.21. The molecule has 1 saturated carbocycles. The van der Waals surface area contributed by atoms with E-state index >= 15 is 0 Å². The Labute approximate surface area is 61.5 Å². The predicted octanol–water partition coefficient (Wildman–Crippen LogP) is 1.55. The summed E-state index contributed by atoms with van der Waals surface area (Å²) in [6.45, 7) is 1.46. The van der Waals surface area contributed by atoms with E-state index in [2.05, 4.69) is 0 Å². The highest BCUT2D eigenvalue weighted by Crippen LogP contribution is 2.29. The van der Waals surface area contributed by atoms with Gasteiger partial charge in [0.25, 0.3) is 0 Å². The maximum atomic E-state index is 5.46. The normalized spacial score (nSPS) is 40.8. The summed E-state index contributed by atoms with van der Waals surface area (Å²) in [5.74, 6) is 0.711. The molecule has 1 saturated heterocycles. The van der Waals surface area contributed by atoms with Crippen LogP contribution < -0.4 is 0 Å². The lowest BCUT2D eigenvalue weighted by Gasteiger charge is -2.34. The second-order valence-electron chi connectivity index (χ2n) is 3.24. The van der Waals surface area contributed by atoms with Crippen LogP contribution in [0.5, 0.6) is 0 Å². The van der Waals surface area contributed by atoms with E-state index in [0.717, 1.165) is 6.61 Å². The lowest BCUT2D eigenvalue weighted by Crippen LogP contribution is -2.36. The van der Waals surface area contributed by atoms with Gasteiger partial charge in [0.2, 0.25) is 0 Å². The van der Waals surface area contributed by atoms with Crippen molar-refractivity contribution in [1.82, 2.24) is 0 Å². The summed E-state index contributed by atoms with van der Waals surface area (Å²) in [7, 11) is 0. The molecule has 2 nitrogen and oxygen atoms in total. The van der Waals surface area contributed by atoms with Crippen molar-refractivity contribution in [3.05, 3.63) is 0 Å². The quantitative estimate of drug-likeness (QED) is 0.511. The van der Waals surface area contributed by atoms with Crippen LogP contribution in [0.3, 0.4) is 0 Å². The first-order valence-corrected chi connectivity index (χ1v) is 4.16. The van der Waals surface area contributed by atoms with Crippen LogP contribution in [-0.2, 0) is 9.47 Å². The molecule has 0 aromatic heterocycles. The predicted molar refractivity (Wildman–Crippen MR) is 37.6 cm³/mol. The SMILES string of the molecule is C1CC[C@@H]2OCOC[C@@H]2C1. The topological polar surface area (TPSA) is 18.5 Å². The first-order valence-electron chi connectivity index (χ1n) is 4.16. The van der Waals surface area contributed by atoms with Crippen LogP contribution in [0.4, 0.5) is 0 Å². The molecule has 2 heteroatoms. The van der Waals surface area contributed by atoms with E-state index in [1.807, 2.05) is 0 Å². The van der Waals surface area contributed by atoms with E-state index < -0.39 is 0 Å². The molecule has 1 aliphatic heterocycles. The van der Waals surface area contributed by atoms with E-state index in [9.17, 15) is 0 Å². The standard InChI is InChI=1S/C8H14O2/c1-2-4-8-7(3-1)5-9-6-10-8/h7-8H,1-6H2/t7-,8-/m0/s1. The second kappa shape index (κ2) is 2.89. The summed E-state index contributed by atoms with van der Waals surface area (Å²) < 4.78 is 10.7. The molecule has 58 valence electrons. The smallest absolute Gasteiger partial charge is 0.147 e. The van der Waals surface area contributed by atoms with Crippen LogP contribution in [-0.4, -0.2) is 19.5 Å². The zero-order chi connectivity index (χ0) is 6.81. The van der Waals surface area contributed by atoms with Crippen molar-refractivity contribution in [2.45, 2.75) is 31.8 Å². The fourth-order valence-corrected chi connectivity index (χ4v) is 1.92. The summed E-state index contributed by atoms with van der Waals surface area (Å²) in [6, 6.07) is 0. The number of fused-ring (bicyclic) bond motifs is 1.